The van der Waals surface area contributed by atoms with Crippen molar-refractivity contribution in [1.82, 2.24) is 5.32 Å². The van der Waals surface area contributed by atoms with E-state index in [1.807, 2.05) is 30.8 Å². The molecular weight excluding hydrogens is 222 g/mol. The van der Waals surface area contributed by atoms with Crippen LogP contribution in [-0.2, 0) is 0 Å². The molecule has 0 amide bonds. The Morgan fingerprint density at radius 1 is 1.44 bits per heavy atom. The molecule has 1 aromatic heterocycles. The van der Waals surface area contributed by atoms with Gasteiger partial charge in [0.15, 0.2) is 0 Å². The van der Waals surface area contributed by atoms with Gasteiger partial charge in [0.1, 0.15) is 11.5 Å². The van der Waals surface area contributed by atoms with Crippen molar-refractivity contribution >= 4 is 11.8 Å². The molecule has 0 saturated carbocycles. The zero-order valence-corrected chi connectivity index (χ0v) is 10.8. The lowest BCUT2D eigenvalue weighted by atomic mass is 10.2. The molecule has 16 heavy (non-hydrogen) atoms. The van der Waals surface area contributed by atoms with Crippen LogP contribution in [0.25, 0.3) is 0 Å². The number of rotatable bonds is 8. The number of furan rings is 1. The molecule has 3 nitrogen and oxygen atoms in total. The van der Waals surface area contributed by atoms with E-state index >= 15 is 0 Å². The average Bonchev–Trinajstić information content (AvgIpc) is 2.70. The summed E-state index contributed by atoms with van der Waals surface area (Å²) >= 11 is 1.87. The van der Waals surface area contributed by atoms with Crippen molar-refractivity contribution in [2.75, 3.05) is 24.7 Å². The van der Waals surface area contributed by atoms with Gasteiger partial charge < -0.3 is 14.8 Å². The second kappa shape index (κ2) is 7.76. The lowest BCUT2D eigenvalue weighted by Crippen LogP contribution is -2.21. The topological polar surface area (TPSA) is 45.4 Å². The third-order valence-electron chi connectivity index (χ3n) is 2.33. The first-order chi connectivity index (χ1) is 7.74. The summed E-state index contributed by atoms with van der Waals surface area (Å²) in [4.78, 5) is 0. The molecule has 1 unspecified atom stereocenters. The molecule has 0 aliphatic heterocycles. The minimum Gasteiger partial charge on any atom is -0.465 e. The maximum absolute atomic E-state index is 8.62. The van der Waals surface area contributed by atoms with Crippen molar-refractivity contribution in [1.29, 1.82) is 0 Å². The highest BCUT2D eigenvalue weighted by Crippen LogP contribution is 2.15. The van der Waals surface area contributed by atoms with Crippen molar-refractivity contribution in [3.63, 3.8) is 0 Å². The fourth-order valence-corrected chi connectivity index (χ4v) is 2.20. The van der Waals surface area contributed by atoms with Gasteiger partial charge >= 0.3 is 0 Å². The molecule has 1 atom stereocenters. The lowest BCUT2D eigenvalue weighted by molar-refractivity contribution is 0.296. The highest BCUT2D eigenvalue weighted by atomic mass is 32.2. The first kappa shape index (κ1) is 13.6. The smallest absolute Gasteiger partial charge is 0.120 e. The summed E-state index contributed by atoms with van der Waals surface area (Å²) in [7, 11) is 0. The monoisotopic (exact) mass is 243 g/mol. The summed E-state index contributed by atoms with van der Waals surface area (Å²) in [5, 5.41) is 12.0. The van der Waals surface area contributed by atoms with Crippen LogP contribution in [0.1, 0.15) is 30.9 Å². The third kappa shape index (κ3) is 5.05. The van der Waals surface area contributed by atoms with Gasteiger partial charge in [-0.15, -0.1) is 0 Å². The van der Waals surface area contributed by atoms with Crippen LogP contribution in [0.15, 0.2) is 16.5 Å². The van der Waals surface area contributed by atoms with Crippen LogP contribution in [-0.4, -0.2) is 29.8 Å². The minimum atomic E-state index is 0.271. The molecule has 0 spiro atoms. The first-order valence-corrected chi connectivity index (χ1v) is 6.88. The standard InChI is InChI=1S/C12H21NO2S/c1-10-4-5-12(15-10)11(2)13-6-9-16-8-3-7-14/h4-5,11,13-14H,3,6-9H2,1-2H3. The van der Waals surface area contributed by atoms with E-state index in [1.165, 1.54) is 0 Å². The Labute approximate surface area is 102 Å². The van der Waals surface area contributed by atoms with Gasteiger partial charge in [-0.2, -0.15) is 11.8 Å². The Morgan fingerprint density at radius 2 is 2.25 bits per heavy atom. The minimum absolute atomic E-state index is 0.271. The first-order valence-electron chi connectivity index (χ1n) is 5.72. The number of nitrogens with one attached hydrogen (secondary N) is 1. The normalized spacial score (nSPS) is 12.9. The van der Waals surface area contributed by atoms with E-state index in [0.717, 1.165) is 36.0 Å². The van der Waals surface area contributed by atoms with Crippen LogP contribution in [0.2, 0.25) is 0 Å². The van der Waals surface area contributed by atoms with Gasteiger partial charge in [-0.3, -0.25) is 0 Å². The number of hydrogen-bond acceptors (Lipinski definition) is 4. The van der Waals surface area contributed by atoms with E-state index in [2.05, 4.69) is 12.2 Å². The van der Waals surface area contributed by atoms with Crippen LogP contribution < -0.4 is 5.32 Å². The van der Waals surface area contributed by atoms with Gasteiger partial charge in [0, 0.05) is 18.9 Å². The predicted molar refractivity (Wildman–Crippen MR) is 68.9 cm³/mol. The van der Waals surface area contributed by atoms with Crippen molar-refractivity contribution < 1.29 is 9.52 Å². The fraction of sp³-hybridized carbons (Fsp3) is 0.667. The number of aliphatic hydroxyl groups excluding tert-OH is 1. The van der Waals surface area contributed by atoms with Crippen molar-refractivity contribution in [3.05, 3.63) is 23.7 Å². The van der Waals surface area contributed by atoms with E-state index in [9.17, 15) is 0 Å². The van der Waals surface area contributed by atoms with Crippen molar-refractivity contribution in [3.8, 4) is 0 Å². The molecule has 1 aromatic rings. The maximum Gasteiger partial charge on any atom is 0.120 e. The fourth-order valence-electron chi connectivity index (χ4n) is 1.40. The van der Waals surface area contributed by atoms with Crippen LogP contribution in [0.4, 0.5) is 0 Å². The summed E-state index contributed by atoms with van der Waals surface area (Å²) < 4.78 is 5.54. The van der Waals surface area contributed by atoms with E-state index in [1.54, 1.807) is 0 Å². The summed E-state index contributed by atoms with van der Waals surface area (Å²) in [6, 6.07) is 4.28. The molecule has 1 heterocycles. The van der Waals surface area contributed by atoms with Crippen LogP contribution >= 0.6 is 11.8 Å². The molecule has 92 valence electrons. The van der Waals surface area contributed by atoms with Gasteiger partial charge in [-0.05, 0) is 38.2 Å². The van der Waals surface area contributed by atoms with E-state index in [-0.39, 0.29) is 6.04 Å². The van der Waals surface area contributed by atoms with Gasteiger partial charge in [-0.1, -0.05) is 0 Å². The van der Waals surface area contributed by atoms with Gasteiger partial charge in [-0.25, -0.2) is 0 Å². The summed E-state index contributed by atoms with van der Waals surface area (Å²) in [5.74, 6) is 4.06. The van der Waals surface area contributed by atoms with Crippen molar-refractivity contribution in [2.24, 2.45) is 0 Å². The number of hydrogen-bond donors (Lipinski definition) is 2. The van der Waals surface area contributed by atoms with Gasteiger partial charge in [0.05, 0.1) is 6.04 Å². The SMILES string of the molecule is Cc1ccc(C(C)NCCSCCCO)o1. The molecular formula is C12H21NO2S. The Morgan fingerprint density at radius 3 is 2.88 bits per heavy atom. The average molecular weight is 243 g/mol. The highest BCUT2D eigenvalue weighted by molar-refractivity contribution is 7.99. The van der Waals surface area contributed by atoms with E-state index in [4.69, 9.17) is 9.52 Å². The highest BCUT2D eigenvalue weighted by Gasteiger charge is 2.07. The number of aryl methyl sites for hydroxylation is 1. The largest absolute Gasteiger partial charge is 0.465 e. The molecule has 4 heteroatoms. The molecule has 0 fully saturated rings. The second-order valence-corrected chi connectivity index (χ2v) is 5.04. The van der Waals surface area contributed by atoms with Gasteiger partial charge in [0.2, 0.25) is 0 Å². The Hall–Kier alpha value is -0.450. The van der Waals surface area contributed by atoms with Gasteiger partial charge in [0.25, 0.3) is 0 Å². The lowest BCUT2D eigenvalue weighted by Gasteiger charge is -2.10. The third-order valence-corrected chi connectivity index (χ3v) is 3.40. The summed E-state index contributed by atoms with van der Waals surface area (Å²) in [6.45, 7) is 5.33. The second-order valence-electron chi connectivity index (χ2n) is 3.81. The Kier molecular flexibility index (Phi) is 6.61. The van der Waals surface area contributed by atoms with E-state index < -0.39 is 0 Å². The molecule has 0 aliphatic carbocycles. The molecule has 0 aliphatic rings. The molecule has 0 radical (unpaired) electrons. The molecule has 1 rings (SSSR count). The predicted octanol–water partition coefficient (Wildman–Crippen LogP) is 2.35. The number of aliphatic hydroxyl groups is 1. The van der Waals surface area contributed by atoms with E-state index in [0.29, 0.717) is 6.61 Å². The Balaban J connectivity index is 2.09. The van der Waals surface area contributed by atoms with Crippen LogP contribution in [0.5, 0.6) is 0 Å². The number of thioether (sulfide) groups is 1. The molecule has 0 aromatic carbocycles. The summed E-state index contributed by atoms with van der Waals surface area (Å²) in [6.07, 6.45) is 0.887. The van der Waals surface area contributed by atoms with Crippen LogP contribution in [0.3, 0.4) is 0 Å². The molecule has 0 saturated heterocycles. The Bertz CT molecular complexity index is 288. The molecule has 0 bridgehead atoms. The van der Waals surface area contributed by atoms with Crippen LogP contribution in [0, 0.1) is 6.92 Å². The zero-order chi connectivity index (χ0) is 11.8. The molecule has 2 N–H and O–H groups in total. The van der Waals surface area contributed by atoms with Crippen molar-refractivity contribution in [2.45, 2.75) is 26.3 Å². The maximum atomic E-state index is 8.62. The quantitative estimate of drug-likeness (QED) is 0.688. The zero-order valence-electron chi connectivity index (χ0n) is 10.0. The summed E-state index contributed by atoms with van der Waals surface area (Å²) in [5.41, 5.74) is 0.